The Morgan fingerprint density at radius 3 is 3.10 bits per heavy atom. The van der Waals surface area contributed by atoms with Gasteiger partial charge in [0.15, 0.2) is 5.65 Å². The summed E-state index contributed by atoms with van der Waals surface area (Å²) in [6, 6.07) is 4.65. The SMILES string of the molecule is CCN1CCC(n2c(C3CCSC3)nc3cccnc32)C1. The van der Waals surface area contributed by atoms with Gasteiger partial charge < -0.3 is 9.47 Å². The lowest BCUT2D eigenvalue weighted by Gasteiger charge is -2.19. The molecular formula is C16H22N4S. The first-order valence-corrected chi connectivity index (χ1v) is 9.15. The smallest absolute Gasteiger partial charge is 0.160 e. The summed E-state index contributed by atoms with van der Waals surface area (Å²) in [5.74, 6) is 4.39. The van der Waals surface area contributed by atoms with Crippen LogP contribution < -0.4 is 0 Å². The molecule has 5 heteroatoms. The van der Waals surface area contributed by atoms with Crippen molar-refractivity contribution in [2.75, 3.05) is 31.1 Å². The molecule has 4 nitrogen and oxygen atoms in total. The molecule has 2 aromatic heterocycles. The summed E-state index contributed by atoms with van der Waals surface area (Å²) in [7, 11) is 0. The van der Waals surface area contributed by atoms with Gasteiger partial charge in [0.05, 0.1) is 6.04 Å². The van der Waals surface area contributed by atoms with Crippen LogP contribution in [0.25, 0.3) is 11.2 Å². The molecule has 0 aromatic carbocycles. The fraction of sp³-hybridized carbons (Fsp3) is 0.625. The Hall–Kier alpha value is -1.07. The molecule has 0 bridgehead atoms. The third kappa shape index (κ3) is 2.36. The molecule has 0 aliphatic carbocycles. The highest BCUT2D eigenvalue weighted by Gasteiger charge is 2.31. The van der Waals surface area contributed by atoms with Crippen molar-refractivity contribution in [1.82, 2.24) is 19.4 Å². The first-order chi connectivity index (χ1) is 10.4. The summed E-state index contributed by atoms with van der Waals surface area (Å²) in [4.78, 5) is 12.1. The van der Waals surface area contributed by atoms with Crippen LogP contribution in [0.5, 0.6) is 0 Å². The number of nitrogens with zero attached hydrogens (tertiary/aromatic N) is 4. The Labute approximate surface area is 129 Å². The van der Waals surface area contributed by atoms with E-state index in [0.29, 0.717) is 12.0 Å². The van der Waals surface area contributed by atoms with E-state index in [1.165, 1.54) is 36.7 Å². The van der Waals surface area contributed by atoms with Crippen LogP contribution in [0, 0.1) is 0 Å². The number of hydrogen-bond donors (Lipinski definition) is 0. The van der Waals surface area contributed by atoms with Gasteiger partial charge in [-0.3, -0.25) is 0 Å². The van der Waals surface area contributed by atoms with Crippen LogP contribution in [-0.2, 0) is 0 Å². The number of fused-ring (bicyclic) bond motifs is 1. The van der Waals surface area contributed by atoms with Crippen molar-refractivity contribution in [1.29, 1.82) is 0 Å². The fourth-order valence-corrected chi connectivity index (χ4v) is 4.86. The van der Waals surface area contributed by atoms with Crippen LogP contribution in [-0.4, -0.2) is 50.6 Å². The van der Waals surface area contributed by atoms with Gasteiger partial charge in [-0.05, 0) is 37.3 Å². The second-order valence-corrected chi connectivity index (χ2v) is 7.23. The molecule has 4 rings (SSSR count). The minimum Gasteiger partial charge on any atom is -0.308 e. The number of thioether (sulfide) groups is 1. The zero-order chi connectivity index (χ0) is 14.2. The van der Waals surface area contributed by atoms with Gasteiger partial charge in [-0.1, -0.05) is 6.92 Å². The molecule has 0 amide bonds. The number of hydrogen-bond acceptors (Lipinski definition) is 4. The fourth-order valence-electron chi connectivity index (χ4n) is 3.64. The molecule has 2 aliphatic heterocycles. The Morgan fingerprint density at radius 1 is 1.38 bits per heavy atom. The maximum Gasteiger partial charge on any atom is 0.160 e. The van der Waals surface area contributed by atoms with Crippen molar-refractivity contribution in [3.8, 4) is 0 Å². The van der Waals surface area contributed by atoms with Crippen molar-refractivity contribution >= 4 is 22.9 Å². The lowest BCUT2D eigenvalue weighted by atomic mass is 10.1. The largest absolute Gasteiger partial charge is 0.308 e. The molecule has 112 valence electrons. The second-order valence-electron chi connectivity index (χ2n) is 6.08. The molecule has 0 N–H and O–H groups in total. The lowest BCUT2D eigenvalue weighted by molar-refractivity contribution is 0.340. The molecule has 2 unspecified atom stereocenters. The molecule has 0 radical (unpaired) electrons. The van der Waals surface area contributed by atoms with Crippen molar-refractivity contribution in [3.63, 3.8) is 0 Å². The third-order valence-corrected chi connectivity index (χ3v) is 5.99. The van der Waals surface area contributed by atoms with Gasteiger partial charge in [0.2, 0.25) is 0 Å². The summed E-state index contributed by atoms with van der Waals surface area (Å²) >= 11 is 2.06. The Balaban J connectivity index is 1.79. The summed E-state index contributed by atoms with van der Waals surface area (Å²) in [5.41, 5.74) is 2.16. The lowest BCUT2D eigenvalue weighted by Crippen LogP contribution is -2.22. The number of pyridine rings is 1. The number of rotatable bonds is 3. The van der Waals surface area contributed by atoms with E-state index in [9.17, 15) is 0 Å². The van der Waals surface area contributed by atoms with Gasteiger partial charge in [-0.2, -0.15) is 11.8 Å². The minimum atomic E-state index is 0.547. The first kappa shape index (κ1) is 13.6. The predicted octanol–water partition coefficient (Wildman–Crippen LogP) is 2.92. The Kier molecular flexibility index (Phi) is 3.63. The summed E-state index contributed by atoms with van der Waals surface area (Å²) in [6.07, 6.45) is 4.39. The van der Waals surface area contributed by atoms with Gasteiger partial charge in [-0.25, -0.2) is 9.97 Å². The first-order valence-electron chi connectivity index (χ1n) is 7.99. The zero-order valence-electron chi connectivity index (χ0n) is 12.5. The van der Waals surface area contributed by atoms with Crippen LogP contribution in [0.15, 0.2) is 18.3 Å². The molecule has 2 aromatic rings. The number of likely N-dealkylation sites (N-methyl/N-ethyl adjacent to an activating group) is 1. The number of imidazole rings is 1. The normalized spacial score (nSPS) is 26.9. The number of likely N-dealkylation sites (tertiary alicyclic amines) is 1. The van der Waals surface area contributed by atoms with Gasteiger partial charge in [0.1, 0.15) is 11.3 Å². The topological polar surface area (TPSA) is 34.0 Å². The van der Waals surface area contributed by atoms with Gasteiger partial charge in [0.25, 0.3) is 0 Å². The summed E-state index contributed by atoms with van der Waals surface area (Å²) < 4.78 is 2.47. The molecule has 0 saturated carbocycles. The van der Waals surface area contributed by atoms with Crippen LogP contribution in [0.3, 0.4) is 0 Å². The minimum absolute atomic E-state index is 0.547. The molecule has 2 saturated heterocycles. The van der Waals surface area contributed by atoms with E-state index in [1.54, 1.807) is 0 Å². The van der Waals surface area contributed by atoms with E-state index in [1.807, 2.05) is 12.3 Å². The van der Waals surface area contributed by atoms with E-state index in [4.69, 9.17) is 4.98 Å². The Bertz CT molecular complexity index is 632. The predicted molar refractivity (Wildman–Crippen MR) is 88.0 cm³/mol. The maximum absolute atomic E-state index is 4.96. The van der Waals surface area contributed by atoms with E-state index >= 15 is 0 Å². The van der Waals surface area contributed by atoms with Crippen LogP contribution in [0.2, 0.25) is 0 Å². The van der Waals surface area contributed by atoms with E-state index in [-0.39, 0.29) is 0 Å². The standard InChI is InChI=1S/C16H22N4S/c1-2-19-8-5-13(10-19)20-15(12-6-9-21-11-12)18-14-4-3-7-17-16(14)20/h3-4,7,12-13H,2,5-6,8-11H2,1H3. The summed E-state index contributed by atoms with van der Waals surface area (Å²) in [6.45, 7) is 5.74. The molecule has 2 aliphatic rings. The molecular weight excluding hydrogens is 280 g/mol. The second kappa shape index (κ2) is 5.61. The van der Waals surface area contributed by atoms with Gasteiger partial charge >= 0.3 is 0 Å². The average molecular weight is 302 g/mol. The highest BCUT2D eigenvalue weighted by Crippen LogP contribution is 2.36. The highest BCUT2D eigenvalue weighted by molar-refractivity contribution is 7.99. The maximum atomic E-state index is 4.96. The van der Waals surface area contributed by atoms with Crippen molar-refractivity contribution in [2.45, 2.75) is 31.7 Å². The van der Waals surface area contributed by atoms with E-state index in [2.05, 4.69) is 39.2 Å². The molecule has 2 atom stereocenters. The van der Waals surface area contributed by atoms with E-state index < -0.39 is 0 Å². The highest BCUT2D eigenvalue weighted by atomic mass is 32.2. The molecule has 4 heterocycles. The molecule has 21 heavy (non-hydrogen) atoms. The average Bonchev–Trinajstić information content (AvgIpc) is 3.24. The van der Waals surface area contributed by atoms with Crippen LogP contribution in [0.4, 0.5) is 0 Å². The monoisotopic (exact) mass is 302 g/mol. The number of aromatic nitrogens is 3. The van der Waals surface area contributed by atoms with Crippen molar-refractivity contribution < 1.29 is 0 Å². The third-order valence-electron chi connectivity index (χ3n) is 4.83. The zero-order valence-corrected chi connectivity index (χ0v) is 13.4. The summed E-state index contributed by atoms with van der Waals surface area (Å²) in [5, 5.41) is 0. The molecule has 2 fully saturated rings. The Morgan fingerprint density at radius 2 is 2.33 bits per heavy atom. The van der Waals surface area contributed by atoms with Crippen LogP contribution >= 0.6 is 11.8 Å². The van der Waals surface area contributed by atoms with E-state index in [0.717, 1.165) is 24.3 Å². The van der Waals surface area contributed by atoms with Crippen molar-refractivity contribution in [3.05, 3.63) is 24.2 Å². The molecule has 0 spiro atoms. The quantitative estimate of drug-likeness (QED) is 0.873. The van der Waals surface area contributed by atoms with Crippen molar-refractivity contribution in [2.24, 2.45) is 0 Å². The van der Waals surface area contributed by atoms with Gasteiger partial charge in [0, 0.05) is 31.0 Å². The van der Waals surface area contributed by atoms with Crippen LogP contribution in [0.1, 0.15) is 37.5 Å². The van der Waals surface area contributed by atoms with Gasteiger partial charge in [-0.15, -0.1) is 0 Å².